The van der Waals surface area contributed by atoms with Gasteiger partial charge in [-0.1, -0.05) is 23.7 Å². The summed E-state index contributed by atoms with van der Waals surface area (Å²) in [6.45, 7) is 8.95. The van der Waals surface area contributed by atoms with Gasteiger partial charge in [0.2, 0.25) is 5.95 Å². The molecule has 0 spiro atoms. The van der Waals surface area contributed by atoms with Crippen molar-refractivity contribution in [3.8, 4) is 0 Å². The number of piperazine rings is 1. The lowest BCUT2D eigenvalue weighted by Gasteiger charge is -2.40. The molecule has 0 aliphatic carbocycles. The summed E-state index contributed by atoms with van der Waals surface area (Å²) in [6, 6.07) is 10.8. The quantitative estimate of drug-likeness (QED) is 0.475. The summed E-state index contributed by atoms with van der Waals surface area (Å²) < 4.78 is 14.1. The van der Waals surface area contributed by atoms with Crippen molar-refractivity contribution in [1.82, 2.24) is 19.8 Å². The largest absolute Gasteiger partial charge is 0.369 e. The lowest BCUT2D eigenvalue weighted by molar-refractivity contribution is 0.0782. The summed E-state index contributed by atoms with van der Waals surface area (Å²) in [6.07, 6.45) is 2.22. The normalized spacial score (nSPS) is 16.2. The minimum absolute atomic E-state index is 0.0405. The van der Waals surface area contributed by atoms with E-state index in [0.717, 1.165) is 43.9 Å². The van der Waals surface area contributed by atoms with Gasteiger partial charge in [-0.3, -0.25) is 9.69 Å². The van der Waals surface area contributed by atoms with Crippen LogP contribution >= 0.6 is 11.6 Å². The Morgan fingerprint density at radius 2 is 1.76 bits per heavy atom. The number of rotatable bonds is 6. The fourth-order valence-electron chi connectivity index (χ4n) is 4.91. The van der Waals surface area contributed by atoms with Crippen LogP contribution in [0.4, 0.5) is 33.2 Å². The molecule has 0 saturated carbocycles. The summed E-state index contributed by atoms with van der Waals surface area (Å²) in [7, 11) is 1.82. The number of fused-ring (bicyclic) bond motifs is 1. The number of nitrogens with one attached hydrogen (secondary N) is 2. The number of likely N-dealkylation sites (N-methyl/N-ethyl adjacent to an activating group) is 1. The second kappa shape index (κ2) is 10.5. The molecular weight excluding hydrogens is 493 g/mol. The molecular formula is C27H31ClFN7O. The van der Waals surface area contributed by atoms with Crippen LogP contribution in [0.15, 0.2) is 42.6 Å². The maximum Gasteiger partial charge on any atom is 0.256 e. The first-order valence-electron chi connectivity index (χ1n) is 12.5. The predicted octanol–water partition coefficient (Wildman–Crippen LogP) is 4.91. The van der Waals surface area contributed by atoms with E-state index in [2.05, 4.69) is 50.3 Å². The SMILES string of the molecule is CC(C)N1CCN(c2ccc(Nc3nc(Nc4ccccc4F)ncc3Cl)c3c2CCN(C)C3=O)CC1. The number of para-hydroxylation sites is 1. The number of amides is 1. The number of nitrogens with zero attached hydrogens (tertiary/aromatic N) is 5. The van der Waals surface area contributed by atoms with Crippen LogP contribution < -0.4 is 15.5 Å². The maximum absolute atomic E-state index is 14.1. The van der Waals surface area contributed by atoms with Crippen LogP contribution in [-0.4, -0.2) is 71.5 Å². The molecule has 3 heterocycles. The molecule has 0 unspecified atom stereocenters. The molecule has 2 N–H and O–H groups in total. The van der Waals surface area contributed by atoms with Crippen LogP contribution in [0.1, 0.15) is 29.8 Å². The van der Waals surface area contributed by atoms with E-state index < -0.39 is 5.82 Å². The van der Waals surface area contributed by atoms with E-state index in [0.29, 0.717) is 34.7 Å². The minimum Gasteiger partial charge on any atom is -0.369 e. The van der Waals surface area contributed by atoms with Crippen LogP contribution in [0.5, 0.6) is 0 Å². The van der Waals surface area contributed by atoms with Crippen molar-refractivity contribution in [3.05, 3.63) is 64.6 Å². The summed E-state index contributed by atoms with van der Waals surface area (Å²) >= 11 is 6.42. The van der Waals surface area contributed by atoms with Crippen LogP contribution in [0.3, 0.4) is 0 Å². The van der Waals surface area contributed by atoms with Crippen molar-refractivity contribution < 1.29 is 9.18 Å². The molecule has 3 aromatic rings. The van der Waals surface area contributed by atoms with Crippen LogP contribution in [0.2, 0.25) is 5.02 Å². The first kappa shape index (κ1) is 25.2. The second-order valence-corrected chi connectivity index (χ2v) is 10.1. The number of carbonyl (C=O) groups is 1. The van der Waals surface area contributed by atoms with Crippen molar-refractivity contribution in [1.29, 1.82) is 0 Å². The molecule has 37 heavy (non-hydrogen) atoms. The number of anilines is 5. The van der Waals surface area contributed by atoms with Gasteiger partial charge in [0.25, 0.3) is 5.91 Å². The fourth-order valence-corrected chi connectivity index (χ4v) is 5.05. The lowest BCUT2D eigenvalue weighted by atomic mass is 9.94. The Hall–Kier alpha value is -3.43. The molecule has 0 bridgehead atoms. The molecule has 194 valence electrons. The molecule has 1 saturated heterocycles. The number of aromatic nitrogens is 2. The standard InChI is InChI=1S/C27H31ClFN7O/c1-17(2)35-12-14-36(15-13-35)23-9-8-22(24-18(23)10-11-34(3)26(24)37)31-25-19(28)16-30-27(33-25)32-21-7-5-4-6-20(21)29/h4-9,16-17H,10-15H2,1-3H3,(H2,30,31,32,33). The van der Waals surface area contributed by atoms with Gasteiger partial charge >= 0.3 is 0 Å². The minimum atomic E-state index is -0.414. The molecule has 1 fully saturated rings. The summed E-state index contributed by atoms with van der Waals surface area (Å²) in [5.74, 6) is 0.0652. The van der Waals surface area contributed by atoms with E-state index >= 15 is 0 Å². The van der Waals surface area contributed by atoms with E-state index in [4.69, 9.17) is 11.6 Å². The van der Waals surface area contributed by atoms with Crippen LogP contribution in [0.25, 0.3) is 0 Å². The van der Waals surface area contributed by atoms with Gasteiger partial charge in [0, 0.05) is 51.5 Å². The molecule has 2 aliphatic heterocycles. The number of halogens is 2. The number of hydrogen-bond acceptors (Lipinski definition) is 7. The lowest BCUT2D eigenvalue weighted by Crippen LogP contribution is -2.49. The first-order valence-corrected chi connectivity index (χ1v) is 12.9. The molecule has 2 aromatic carbocycles. The topological polar surface area (TPSA) is 76.6 Å². The Morgan fingerprint density at radius 1 is 1.00 bits per heavy atom. The molecule has 1 aromatic heterocycles. The molecule has 10 heteroatoms. The molecule has 5 rings (SSSR count). The highest BCUT2D eigenvalue weighted by molar-refractivity contribution is 6.33. The highest BCUT2D eigenvalue weighted by Crippen LogP contribution is 2.37. The number of benzene rings is 2. The van der Waals surface area contributed by atoms with Gasteiger partial charge in [-0.2, -0.15) is 4.98 Å². The van der Waals surface area contributed by atoms with E-state index in [1.54, 1.807) is 23.1 Å². The van der Waals surface area contributed by atoms with E-state index in [1.807, 2.05) is 13.1 Å². The Balaban J connectivity index is 1.46. The third-order valence-electron chi connectivity index (χ3n) is 7.05. The van der Waals surface area contributed by atoms with Gasteiger partial charge in [-0.25, -0.2) is 9.37 Å². The molecule has 2 aliphatic rings. The Kier molecular flexibility index (Phi) is 7.17. The Labute approximate surface area is 221 Å². The molecule has 0 atom stereocenters. The second-order valence-electron chi connectivity index (χ2n) is 9.70. The summed E-state index contributed by atoms with van der Waals surface area (Å²) in [5.41, 5.74) is 3.68. The van der Waals surface area contributed by atoms with Gasteiger partial charge in [0.05, 0.1) is 23.1 Å². The van der Waals surface area contributed by atoms with Crippen molar-refractivity contribution >= 4 is 46.3 Å². The van der Waals surface area contributed by atoms with E-state index in [1.165, 1.54) is 12.3 Å². The Morgan fingerprint density at radius 3 is 2.49 bits per heavy atom. The fraction of sp³-hybridized carbons (Fsp3) is 0.370. The van der Waals surface area contributed by atoms with E-state index in [9.17, 15) is 9.18 Å². The third-order valence-corrected chi connectivity index (χ3v) is 7.33. The van der Waals surface area contributed by atoms with Crippen LogP contribution in [-0.2, 0) is 6.42 Å². The van der Waals surface area contributed by atoms with Gasteiger partial charge in [-0.15, -0.1) is 0 Å². The van der Waals surface area contributed by atoms with Crippen molar-refractivity contribution in [2.75, 3.05) is 55.3 Å². The van der Waals surface area contributed by atoms with Crippen LogP contribution in [0, 0.1) is 5.82 Å². The zero-order valence-corrected chi connectivity index (χ0v) is 22.0. The zero-order chi connectivity index (χ0) is 26.1. The number of carbonyl (C=O) groups excluding carboxylic acids is 1. The van der Waals surface area contributed by atoms with Crippen molar-refractivity contribution in [2.45, 2.75) is 26.3 Å². The van der Waals surface area contributed by atoms with Crippen molar-refractivity contribution in [3.63, 3.8) is 0 Å². The predicted molar refractivity (Wildman–Crippen MR) is 146 cm³/mol. The van der Waals surface area contributed by atoms with E-state index in [-0.39, 0.29) is 17.5 Å². The number of hydrogen-bond donors (Lipinski definition) is 2. The zero-order valence-electron chi connectivity index (χ0n) is 21.3. The van der Waals surface area contributed by atoms with Gasteiger partial charge in [0.15, 0.2) is 5.82 Å². The average Bonchev–Trinajstić information content (AvgIpc) is 2.89. The molecule has 8 nitrogen and oxygen atoms in total. The maximum atomic E-state index is 14.1. The van der Waals surface area contributed by atoms with Gasteiger partial charge in [0.1, 0.15) is 10.8 Å². The van der Waals surface area contributed by atoms with Crippen molar-refractivity contribution in [2.24, 2.45) is 0 Å². The van der Waals surface area contributed by atoms with Gasteiger partial charge in [-0.05, 0) is 50.1 Å². The molecule has 0 radical (unpaired) electrons. The average molecular weight is 524 g/mol. The smallest absolute Gasteiger partial charge is 0.256 e. The highest BCUT2D eigenvalue weighted by Gasteiger charge is 2.30. The van der Waals surface area contributed by atoms with Gasteiger partial charge < -0.3 is 20.4 Å². The summed E-state index contributed by atoms with van der Waals surface area (Å²) in [5, 5.41) is 6.43. The first-order chi connectivity index (χ1) is 17.8. The highest BCUT2D eigenvalue weighted by atomic mass is 35.5. The molecule has 1 amide bonds. The Bertz CT molecular complexity index is 1310. The third kappa shape index (κ3) is 5.19. The summed E-state index contributed by atoms with van der Waals surface area (Å²) in [4.78, 5) is 28.6. The monoisotopic (exact) mass is 523 g/mol.